The number of sulfone groups is 1. The summed E-state index contributed by atoms with van der Waals surface area (Å²) in [6, 6.07) is 24.9. The Hall–Kier alpha value is -2.96. The Morgan fingerprint density at radius 2 is 1.38 bits per heavy atom. The number of nitrogens with one attached hydrogen (secondary N) is 1. The van der Waals surface area contributed by atoms with E-state index in [0.717, 1.165) is 25.2 Å². The van der Waals surface area contributed by atoms with Crippen molar-refractivity contribution in [2.24, 2.45) is 5.92 Å². The third-order valence-corrected chi connectivity index (χ3v) is 7.36. The first-order valence-electron chi connectivity index (χ1n) is 11.7. The van der Waals surface area contributed by atoms with E-state index in [2.05, 4.69) is 48.3 Å². The van der Waals surface area contributed by atoms with Crippen LogP contribution in [-0.4, -0.2) is 31.5 Å². The third-order valence-electron chi connectivity index (χ3n) is 5.61. The van der Waals surface area contributed by atoms with E-state index in [1.54, 1.807) is 31.2 Å². The summed E-state index contributed by atoms with van der Waals surface area (Å²) in [6.07, 6.45) is 0. The molecule has 1 N–H and O–H groups in total. The maximum absolute atomic E-state index is 12.6. The molecule has 5 nitrogen and oxygen atoms in total. The molecule has 3 rings (SSSR count). The Kier molecular flexibility index (Phi) is 9.02. The highest BCUT2D eigenvalue weighted by Crippen LogP contribution is 2.15. The normalized spacial score (nSPS) is 11.7. The van der Waals surface area contributed by atoms with Gasteiger partial charge in [-0.15, -0.1) is 0 Å². The molecule has 180 valence electrons. The number of carbonyl (C=O) groups excluding carboxylic acids is 1. The van der Waals surface area contributed by atoms with Gasteiger partial charge >= 0.3 is 0 Å². The van der Waals surface area contributed by atoms with Crippen molar-refractivity contribution in [2.75, 3.05) is 12.3 Å². The summed E-state index contributed by atoms with van der Waals surface area (Å²) in [7, 11) is -3.22. The molecule has 0 heterocycles. The fourth-order valence-corrected chi connectivity index (χ4v) is 4.71. The topological polar surface area (TPSA) is 66.5 Å². The highest BCUT2D eigenvalue weighted by molar-refractivity contribution is 7.91. The van der Waals surface area contributed by atoms with E-state index in [-0.39, 0.29) is 11.7 Å². The second kappa shape index (κ2) is 12.0. The van der Waals surface area contributed by atoms with E-state index in [1.807, 2.05) is 30.3 Å². The van der Waals surface area contributed by atoms with Gasteiger partial charge in [0, 0.05) is 31.7 Å². The van der Waals surface area contributed by atoms with Crippen molar-refractivity contribution in [3.8, 4) is 0 Å². The van der Waals surface area contributed by atoms with Crippen molar-refractivity contribution in [1.29, 1.82) is 0 Å². The molecule has 0 radical (unpaired) electrons. The van der Waals surface area contributed by atoms with Gasteiger partial charge < -0.3 is 5.32 Å². The molecular formula is C28H34N2O3S. The first kappa shape index (κ1) is 25.7. The second-order valence-corrected chi connectivity index (χ2v) is 11.3. The van der Waals surface area contributed by atoms with Crippen LogP contribution in [-0.2, 0) is 29.5 Å². The van der Waals surface area contributed by atoms with E-state index < -0.39 is 9.84 Å². The maximum Gasteiger partial charge on any atom is 0.251 e. The fourth-order valence-electron chi connectivity index (χ4n) is 3.83. The lowest BCUT2D eigenvalue weighted by atomic mass is 10.1. The molecule has 6 heteroatoms. The molecule has 0 spiro atoms. The first-order chi connectivity index (χ1) is 16.3. The van der Waals surface area contributed by atoms with Gasteiger partial charge in [-0.1, -0.05) is 75.4 Å². The Labute approximate surface area is 203 Å². The Morgan fingerprint density at radius 3 is 1.94 bits per heavy atom. The zero-order valence-corrected chi connectivity index (χ0v) is 21.0. The molecule has 3 aromatic carbocycles. The lowest BCUT2D eigenvalue weighted by Gasteiger charge is -2.24. The summed E-state index contributed by atoms with van der Waals surface area (Å²) in [5.41, 5.74) is 3.91. The molecular weight excluding hydrogens is 444 g/mol. The third kappa shape index (κ3) is 7.54. The summed E-state index contributed by atoms with van der Waals surface area (Å²) in [4.78, 5) is 15.3. The molecule has 0 fully saturated rings. The predicted molar refractivity (Wildman–Crippen MR) is 137 cm³/mol. The average molecular weight is 479 g/mol. The van der Waals surface area contributed by atoms with Crippen LogP contribution >= 0.6 is 0 Å². The largest absolute Gasteiger partial charge is 0.348 e. The van der Waals surface area contributed by atoms with Crippen LogP contribution in [0.2, 0.25) is 0 Å². The summed E-state index contributed by atoms with van der Waals surface area (Å²) >= 11 is 0. The van der Waals surface area contributed by atoms with Crippen molar-refractivity contribution in [3.05, 3.63) is 101 Å². The van der Waals surface area contributed by atoms with Crippen LogP contribution in [0.4, 0.5) is 0 Å². The van der Waals surface area contributed by atoms with Gasteiger partial charge in [0.15, 0.2) is 9.84 Å². The Bertz CT molecular complexity index is 1160. The number of benzene rings is 3. The predicted octanol–water partition coefficient (Wildman–Crippen LogP) is 5.07. The molecule has 0 atom stereocenters. The van der Waals surface area contributed by atoms with Gasteiger partial charge in [0.05, 0.1) is 10.6 Å². The van der Waals surface area contributed by atoms with E-state index >= 15 is 0 Å². The van der Waals surface area contributed by atoms with E-state index in [1.165, 1.54) is 11.1 Å². The van der Waals surface area contributed by atoms with Crippen molar-refractivity contribution in [1.82, 2.24) is 10.2 Å². The van der Waals surface area contributed by atoms with Crippen LogP contribution in [0.5, 0.6) is 0 Å². The molecule has 0 saturated heterocycles. The molecule has 34 heavy (non-hydrogen) atoms. The van der Waals surface area contributed by atoms with Crippen LogP contribution in [0.15, 0.2) is 83.8 Å². The molecule has 0 saturated carbocycles. The number of carbonyl (C=O) groups is 1. The van der Waals surface area contributed by atoms with Crippen LogP contribution in [0.1, 0.15) is 47.8 Å². The van der Waals surface area contributed by atoms with Gasteiger partial charge in [0.1, 0.15) is 0 Å². The van der Waals surface area contributed by atoms with Crippen LogP contribution in [0, 0.1) is 5.92 Å². The van der Waals surface area contributed by atoms with E-state index in [4.69, 9.17) is 0 Å². The summed E-state index contributed by atoms with van der Waals surface area (Å²) in [5, 5.41) is 2.91. The highest BCUT2D eigenvalue weighted by Gasteiger charge is 2.12. The number of hydrogen-bond donors (Lipinski definition) is 1. The van der Waals surface area contributed by atoms with Gasteiger partial charge in [0.2, 0.25) is 0 Å². The number of hydrogen-bond acceptors (Lipinski definition) is 4. The smallest absolute Gasteiger partial charge is 0.251 e. The van der Waals surface area contributed by atoms with E-state index in [9.17, 15) is 13.2 Å². The standard InChI is InChI=1S/C28H34N2O3S/c1-4-34(32,33)27-16-12-23(13-17-27)18-29-28(31)26-14-10-25(11-15-26)21-30(19-22(2)3)20-24-8-6-5-7-9-24/h5-17,22H,4,18-21H2,1-3H3,(H,29,31). The lowest BCUT2D eigenvalue weighted by Crippen LogP contribution is -2.27. The van der Waals surface area contributed by atoms with Crippen molar-refractivity contribution in [3.63, 3.8) is 0 Å². The molecule has 0 aliphatic carbocycles. The number of nitrogens with zero attached hydrogens (tertiary/aromatic N) is 1. The SMILES string of the molecule is CCS(=O)(=O)c1ccc(CNC(=O)c2ccc(CN(Cc3ccccc3)CC(C)C)cc2)cc1. The first-order valence-corrected chi connectivity index (χ1v) is 13.4. The quantitative estimate of drug-likeness (QED) is 0.418. The summed E-state index contributed by atoms with van der Waals surface area (Å²) < 4.78 is 23.9. The van der Waals surface area contributed by atoms with Gasteiger partial charge in [-0.2, -0.15) is 0 Å². The van der Waals surface area contributed by atoms with Gasteiger partial charge in [-0.3, -0.25) is 9.69 Å². The summed E-state index contributed by atoms with van der Waals surface area (Å²) in [5.74, 6) is 0.477. The summed E-state index contributed by atoms with van der Waals surface area (Å²) in [6.45, 7) is 9.12. The van der Waals surface area contributed by atoms with Crippen molar-refractivity contribution in [2.45, 2.75) is 45.3 Å². The minimum absolute atomic E-state index is 0.0700. The molecule has 0 aliphatic rings. The molecule has 0 aliphatic heterocycles. The molecule has 0 bridgehead atoms. The van der Waals surface area contributed by atoms with Crippen molar-refractivity contribution >= 4 is 15.7 Å². The van der Waals surface area contributed by atoms with Gasteiger partial charge in [-0.05, 0) is 46.9 Å². The second-order valence-electron chi connectivity index (χ2n) is 8.98. The molecule has 3 aromatic rings. The number of amides is 1. The zero-order valence-electron chi connectivity index (χ0n) is 20.2. The monoisotopic (exact) mass is 478 g/mol. The average Bonchev–Trinajstić information content (AvgIpc) is 2.83. The Morgan fingerprint density at radius 1 is 0.824 bits per heavy atom. The zero-order chi connectivity index (χ0) is 24.6. The van der Waals surface area contributed by atoms with Gasteiger partial charge in [-0.25, -0.2) is 8.42 Å². The molecule has 1 amide bonds. The minimum atomic E-state index is -3.22. The number of rotatable bonds is 11. The van der Waals surface area contributed by atoms with Crippen molar-refractivity contribution < 1.29 is 13.2 Å². The highest BCUT2D eigenvalue weighted by atomic mass is 32.2. The molecule has 0 unspecified atom stereocenters. The van der Waals surface area contributed by atoms with Crippen LogP contribution < -0.4 is 5.32 Å². The van der Waals surface area contributed by atoms with Gasteiger partial charge in [0.25, 0.3) is 5.91 Å². The Balaban J connectivity index is 1.57. The maximum atomic E-state index is 12.6. The van der Waals surface area contributed by atoms with Crippen LogP contribution in [0.25, 0.3) is 0 Å². The van der Waals surface area contributed by atoms with E-state index in [0.29, 0.717) is 22.9 Å². The van der Waals surface area contributed by atoms with Crippen LogP contribution in [0.3, 0.4) is 0 Å². The molecule has 0 aromatic heterocycles. The minimum Gasteiger partial charge on any atom is -0.348 e. The lowest BCUT2D eigenvalue weighted by molar-refractivity contribution is 0.0951. The fraction of sp³-hybridized carbons (Fsp3) is 0.321.